The van der Waals surface area contributed by atoms with Gasteiger partial charge in [0.25, 0.3) is 0 Å². The van der Waals surface area contributed by atoms with Gasteiger partial charge in [0.05, 0.1) is 13.0 Å². The highest BCUT2D eigenvalue weighted by Gasteiger charge is 2.30. The van der Waals surface area contributed by atoms with Gasteiger partial charge in [-0.1, -0.05) is 12.1 Å². The fourth-order valence-electron chi connectivity index (χ4n) is 2.46. The molecule has 0 aliphatic carbocycles. The second-order valence-electron chi connectivity index (χ2n) is 4.97. The van der Waals surface area contributed by atoms with Crippen LogP contribution >= 0.6 is 0 Å². The second kappa shape index (κ2) is 5.10. The number of aliphatic hydroxyl groups excluding tert-OH is 1. The monoisotopic (exact) mass is 286 g/mol. The van der Waals surface area contributed by atoms with Crippen molar-refractivity contribution in [1.82, 2.24) is 0 Å². The molecule has 5 heteroatoms. The van der Waals surface area contributed by atoms with E-state index in [0.29, 0.717) is 5.56 Å². The van der Waals surface area contributed by atoms with Gasteiger partial charge in [-0.15, -0.1) is 0 Å². The molecular formula is C16H14O5. The number of hydrogen-bond donors (Lipinski definition) is 3. The van der Waals surface area contributed by atoms with Gasteiger partial charge in [-0.05, 0) is 35.4 Å². The van der Waals surface area contributed by atoms with Crippen LogP contribution in [0.25, 0.3) is 0 Å². The number of fused-ring (bicyclic) bond motifs is 1. The molecule has 5 nitrogen and oxygen atoms in total. The van der Waals surface area contributed by atoms with Crippen molar-refractivity contribution in [3.05, 3.63) is 53.1 Å². The highest BCUT2D eigenvalue weighted by Crippen LogP contribution is 2.40. The summed E-state index contributed by atoms with van der Waals surface area (Å²) in [5.41, 5.74) is 1.40. The zero-order chi connectivity index (χ0) is 15.0. The molecule has 2 aromatic carbocycles. The Balaban J connectivity index is 1.99. The standard InChI is InChI=1S/C16H14O5/c17-8-9-5-12(19)16-13(20)7-14(21-15(16)6-9)10-1-3-11(18)4-2-10/h1-6,14,17-19H,7-8H2. The molecule has 0 saturated carbocycles. The molecule has 1 heterocycles. The van der Waals surface area contributed by atoms with E-state index in [2.05, 4.69) is 0 Å². The van der Waals surface area contributed by atoms with Crippen molar-refractivity contribution in [2.45, 2.75) is 19.1 Å². The summed E-state index contributed by atoms with van der Waals surface area (Å²) in [5.74, 6) is 0.0249. The quantitative estimate of drug-likeness (QED) is 0.788. The maximum atomic E-state index is 12.2. The Morgan fingerprint density at radius 1 is 1.14 bits per heavy atom. The number of hydrogen-bond acceptors (Lipinski definition) is 5. The minimum absolute atomic E-state index is 0.115. The van der Waals surface area contributed by atoms with E-state index in [1.54, 1.807) is 18.2 Å². The molecule has 3 N–H and O–H groups in total. The third kappa shape index (κ3) is 2.43. The number of Topliss-reactive ketones (excluding diaryl/α,β-unsaturated/α-hetero) is 1. The van der Waals surface area contributed by atoms with E-state index in [4.69, 9.17) is 9.84 Å². The van der Waals surface area contributed by atoms with Crippen molar-refractivity contribution in [3.8, 4) is 17.2 Å². The number of phenols is 2. The number of aliphatic hydroxyl groups is 1. The molecule has 2 aromatic rings. The Bertz CT molecular complexity index is 691. The van der Waals surface area contributed by atoms with Gasteiger partial charge in [0, 0.05) is 0 Å². The van der Waals surface area contributed by atoms with Gasteiger partial charge in [0.2, 0.25) is 0 Å². The summed E-state index contributed by atoms with van der Waals surface area (Å²) < 4.78 is 5.78. The Hall–Kier alpha value is -2.53. The van der Waals surface area contributed by atoms with Gasteiger partial charge in [-0.25, -0.2) is 0 Å². The average molecular weight is 286 g/mol. The van der Waals surface area contributed by atoms with Crippen LogP contribution in [0.1, 0.15) is 34.0 Å². The van der Waals surface area contributed by atoms with Crippen LogP contribution in [-0.4, -0.2) is 21.1 Å². The maximum Gasteiger partial charge on any atom is 0.174 e. The molecule has 0 spiro atoms. The highest BCUT2D eigenvalue weighted by molar-refractivity contribution is 6.02. The van der Waals surface area contributed by atoms with Crippen molar-refractivity contribution in [2.24, 2.45) is 0 Å². The lowest BCUT2D eigenvalue weighted by atomic mass is 9.94. The number of phenolic OH excluding ortho intramolecular Hbond substituents is 2. The molecule has 1 aliphatic heterocycles. The fraction of sp³-hybridized carbons (Fsp3) is 0.188. The number of benzene rings is 2. The van der Waals surface area contributed by atoms with Crippen LogP contribution in [0.3, 0.4) is 0 Å². The van der Waals surface area contributed by atoms with E-state index < -0.39 is 6.10 Å². The molecule has 0 aromatic heterocycles. The van der Waals surface area contributed by atoms with E-state index >= 15 is 0 Å². The van der Waals surface area contributed by atoms with Crippen LogP contribution in [-0.2, 0) is 6.61 Å². The third-order valence-electron chi connectivity index (χ3n) is 3.51. The van der Waals surface area contributed by atoms with Gasteiger partial charge in [0.1, 0.15) is 28.9 Å². The van der Waals surface area contributed by atoms with E-state index in [1.807, 2.05) is 0 Å². The van der Waals surface area contributed by atoms with Crippen LogP contribution in [0.5, 0.6) is 17.2 Å². The van der Waals surface area contributed by atoms with Crippen molar-refractivity contribution >= 4 is 5.78 Å². The molecule has 0 amide bonds. The molecule has 1 atom stereocenters. The van der Waals surface area contributed by atoms with Crippen LogP contribution < -0.4 is 4.74 Å². The molecule has 1 unspecified atom stereocenters. The van der Waals surface area contributed by atoms with E-state index in [9.17, 15) is 15.0 Å². The first-order valence-corrected chi connectivity index (χ1v) is 6.54. The summed E-state index contributed by atoms with van der Waals surface area (Å²) >= 11 is 0. The molecule has 108 valence electrons. The van der Waals surface area contributed by atoms with E-state index in [1.165, 1.54) is 18.2 Å². The van der Waals surface area contributed by atoms with Crippen LogP contribution in [0.2, 0.25) is 0 Å². The summed E-state index contributed by atoms with van der Waals surface area (Å²) in [7, 11) is 0. The minimum Gasteiger partial charge on any atom is -0.508 e. The van der Waals surface area contributed by atoms with Crippen LogP contribution in [0.15, 0.2) is 36.4 Å². The molecule has 0 radical (unpaired) electrons. The number of rotatable bonds is 2. The van der Waals surface area contributed by atoms with E-state index in [0.717, 1.165) is 5.56 Å². The smallest absolute Gasteiger partial charge is 0.174 e. The topological polar surface area (TPSA) is 87.0 Å². The van der Waals surface area contributed by atoms with E-state index in [-0.39, 0.29) is 41.6 Å². The van der Waals surface area contributed by atoms with Crippen molar-refractivity contribution in [2.75, 3.05) is 0 Å². The van der Waals surface area contributed by atoms with Crippen LogP contribution in [0, 0.1) is 0 Å². The first-order valence-electron chi connectivity index (χ1n) is 6.54. The first-order chi connectivity index (χ1) is 10.1. The minimum atomic E-state index is -0.473. The van der Waals surface area contributed by atoms with Gasteiger partial charge in [-0.2, -0.15) is 0 Å². The zero-order valence-electron chi connectivity index (χ0n) is 11.1. The first kappa shape index (κ1) is 13.5. The summed E-state index contributed by atoms with van der Waals surface area (Å²) in [5, 5.41) is 28.4. The summed E-state index contributed by atoms with van der Waals surface area (Å²) in [6.45, 7) is -0.248. The molecule has 0 fully saturated rings. The number of carbonyl (C=O) groups is 1. The SMILES string of the molecule is O=C1CC(c2ccc(O)cc2)Oc2cc(CO)cc(O)c21. The summed E-state index contributed by atoms with van der Waals surface area (Å²) in [6.07, 6.45) is -0.358. The molecule has 0 bridgehead atoms. The Kier molecular flexibility index (Phi) is 3.27. The molecule has 21 heavy (non-hydrogen) atoms. The van der Waals surface area contributed by atoms with Crippen molar-refractivity contribution in [1.29, 1.82) is 0 Å². The molecule has 1 aliphatic rings. The largest absolute Gasteiger partial charge is 0.508 e. The predicted octanol–water partition coefficient (Wildman–Crippen LogP) is 2.30. The molecular weight excluding hydrogens is 272 g/mol. The third-order valence-corrected chi connectivity index (χ3v) is 3.51. The average Bonchev–Trinajstić information content (AvgIpc) is 2.46. The second-order valence-corrected chi connectivity index (χ2v) is 4.97. The zero-order valence-corrected chi connectivity index (χ0v) is 11.1. The number of carbonyl (C=O) groups excluding carboxylic acids is 1. The van der Waals surface area contributed by atoms with Gasteiger partial charge >= 0.3 is 0 Å². The fourth-order valence-corrected chi connectivity index (χ4v) is 2.46. The van der Waals surface area contributed by atoms with Crippen molar-refractivity contribution in [3.63, 3.8) is 0 Å². The summed E-state index contributed by atoms with van der Waals surface area (Å²) in [6, 6.07) is 9.35. The number of aromatic hydroxyl groups is 2. The Morgan fingerprint density at radius 2 is 1.86 bits per heavy atom. The van der Waals surface area contributed by atoms with Crippen molar-refractivity contribution < 1.29 is 24.9 Å². The number of ether oxygens (including phenoxy) is 1. The number of ketones is 1. The lowest BCUT2D eigenvalue weighted by molar-refractivity contribution is 0.0844. The lowest BCUT2D eigenvalue weighted by Gasteiger charge is -2.26. The predicted molar refractivity (Wildman–Crippen MR) is 74.5 cm³/mol. The van der Waals surface area contributed by atoms with Gasteiger partial charge < -0.3 is 20.1 Å². The van der Waals surface area contributed by atoms with Crippen LogP contribution in [0.4, 0.5) is 0 Å². The van der Waals surface area contributed by atoms with Gasteiger partial charge in [0.15, 0.2) is 5.78 Å². The van der Waals surface area contributed by atoms with Gasteiger partial charge in [-0.3, -0.25) is 4.79 Å². The maximum absolute atomic E-state index is 12.2. The lowest BCUT2D eigenvalue weighted by Crippen LogP contribution is -2.20. The Morgan fingerprint density at radius 3 is 2.52 bits per heavy atom. The Labute approximate surface area is 121 Å². The molecule has 3 rings (SSSR count). The molecule has 0 saturated heterocycles. The normalized spacial score (nSPS) is 17.2. The summed E-state index contributed by atoms with van der Waals surface area (Å²) in [4.78, 5) is 12.2. The highest BCUT2D eigenvalue weighted by atomic mass is 16.5.